The van der Waals surface area contributed by atoms with E-state index in [2.05, 4.69) is 10.6 Å². The molecule has 0 spiro atoms. The molecule has 1 saturated carbocycles. The van der Waals surface area contributed by atoms with Crippen molar-refractivity contribution in [2.24, 2.45) is 5.92 Å². The van der Waals surface area contributed by atoms with Crippen molar-refractivity contribution in [1.29, 1.82) is 0 Å². The molecule has 3 N–H and O–H groups in total. The van der Waals surface area contributed by atoms with Crippen LogP contribution in [-0.2, 0) is 16.0 Å². The Balaban J connectivity index is 1.71. The molecule has 1 aromatic carbocycles. The second kappa shape index (κ2) is 6.89. The molecule has 2 aliphatic carbocycles. The third kappa shape index (κ3) is 3.75. The van der Waals surface area contributed by atoms with Crippen LogP contribution in [0.4, 0.5) is 4.39 Å². The summed E-state index contributed by atoms with van der Waals surface area (Å²) >= 11 is 0. The lowest BCUT2D eigenvalue weighted by molar-refractivity contribution is -0.132. The van der Waals surface area contributed by atoms with Crippen LogP contribution in [0.25, 0.3) is 0 Å². The fraction of sp³-hybridized carbons (Fsp3) is 0.556. The van der Waals surface area contributed by atoms with E-state index >= 15 is 0 Å². The Kier molecular flexibility index (Phi) is 4.85. The summed E-state index contributed by atoms with van der Waals surface area (Å²) in [5.41, 5.74) is 1.82. The summed E-state index contributed by atoms with van der Waals surface area (Å²) in [6.45, 7) is 1.48. The van der Waals surface area contributed by atoms with Crippen molar-refractivity contribution < 1.29 is 19.1 Å². The van der Waals surface area contributed by atoms with Crippen LogP contribution >= 0.6 is 0 Å². The topological polar surface area (TPSA) is 78.4 Å². The van der Waals surface area contributed by atoms with Gasteiger partial charge < -0.3 is 15.7 Å². The van der Waals surface area contributed by atoms with Crippen molar-refractivity contribution in [3.63, 3.8) is 0 Å². The number of benzene rings is 1. The van der Waals surface area contributed by atoms with Gasteiger partial charge in [-0.2, -0.15) is 0 Å². The van der Waals surface area contributed by atoms with Gasteiger partial charge in [0.15, 0.2) is 0 Å². The highest BCUT2D eigenvalue weighted by atomic mass is 19.1. The lowest BCUT2D eigenvalue weighted by atomic mass is 9.87. The van der Waals surface area contributed by atoms with E-state index in [0.29, 0.717) is 6.42 Å². The zero-order chi connectivity index (χ0) is 17.3. The van der Waals surface area contributed by atoms with E-state index in [0.717, 1.165) is 36.8 Å². The zero-order valence-electron chi connectivity index (χ0n) is 13.7. The number of aliphatic hydroxyl groups excluding tert-OH is 1. The Morgan fingerprint density at radius 3 is 2.71 bits per heavy atom. The van der Waals surface area contributed by atoms with E-state index in [4.69, 9.17) is 0 Å². The number of nitrogens with one attached hydrogen (secondary N) is 2. The Labute approximate surface area is 140 Å². The smallest absolute Gasteiger partial charge is 0.245 e. The molecule has 3 unspecified atom stereocenters. The molecule has 1 aromatic rings. The van der Waals surface area contributed by atoms with E-state index in [-0.39, 0.29) is 23.7 Å². The second-order valence-corrected chi connectivity index (χ2v) is 6.80. The summed E-state index contributed by atoms with van der Waals surface area (Å²) < 4.78 is 13.6. The maximum Gasteiger partial charge on any atom is 0.245 e. The van der Waals surface area contributed by atoms with Gasteiger partial charge >= 0.3 is 0 Å². The van der Waals surface area contributed by atoms with Crippen molar-refractivity contribution in [3.05, 3.63) is 35.1 Å². The molecule has 1 fully saturated rings. The zero-order valence-corrected chi connectivity index (χ0v) is 13.7. The molecule has 130 valence electrons. The minimum atomic E-state index is -0.997. The van der Waals surface area contributed by atoms with Gasteiger partial charge in [-0.15, -0.1) is 0 Å². The van der Waals surface area contributed by atoms with Gasteiger partial charge in [0, 0.05) is 5.92 Å². The van der Waals surface area contributed by atoms with E-state index in [1.54, 1.807) is 6.07 Å². The van der Waals surface area contributed by atoms with Crippen LogP contribution in [-0.4, -0.2) is 29.1 Å². The first kappa shape index (κ1) is 16.9. The molecule has 3 rings (SSSR count). The summed E-state index contributed by atoms with van der Waals surface area (Å²) in [6.07, 6.45) is 3.14. The van der Waals surface area contributed by atoms with Gasteiger partial charge in [0.05, 0.1) is 12.1 Å². The van der Waals surface area contributed by atoms with Crippen LogP contribution in [0.5, 0.6) is 0 Å². The first-order chi connectivity index (χ1) is 11.5. The Morgan fingerprint density at radius 2 is 2.04 bits per heavy atom. The normalized spacial score (nSPS) is 22.2. The number of carbonyl (C=O) groups excluding carboxylic acids is 2. The highest BCUT2D eigenvalue weighted by Crippen LogP contribution is 2.31. The van der Waals surface area contributed by atoms with Gasteiger partial charge in [-0.1, -0.05) is 6.07 Å². The highest BCUT2D eigenvalue weighted by Gasteiger charge is 2.35. The molecule has 0 heterocycles. The Hall–Kier alpha value is -1.95. The minimum absolute atomic E-state index is 0.0384. The SMILES string of the molecule is CC(O)C(NC(=O)C1CC1)C(=O)NC1CCCc2ccc(F)cc21. The number of aliphatic hydroxyl groups is 1. The highest BCUT2D eigenvalue weighted by molar-refractivity contribution is 5.90. The van der Waals surface area contributed by atoms with Gasteiger partial charge in [0.2, 0.25) is 11.8 Å². The number of aryl methyl sites for hydroxylation is 1. The van der Waals surface area contributed by atoms with Gasteiger partial charge in [-0.25, -0.2) is 4.39 Å². The largest absolute Gasteiger partial charge is 0.391 e. The minimum Gasteiger partial charge on any atom is -0.391 e. The summed E-state index contributed by atoms with van der Waals surface area (Å²) in [4.78, 5) is 24.5. The van der Waals surface area contributed by atoms with Gasteiger partial charge in [0.25, 0.3) is 0 Å². The summed E-state index contributed by atoms with van der Waals surface area (Å²) in [6, 6.07) is 3.36. The van der Waals surface area contributed by atoms with Crippen molar-refractivity contribution in [1.82, 2.24) is 10.6 Å². The quantitative estimate of drug-likeness (QED) is 0.765. The number of carbonyl (C=O) groups is 2. The molecule has 0 radical (unpaired) electrons. The molecular weight excluding hydrogens is 311 g/mol. The van der Waals surface area contributed by atoms with E-state index in [1.807, 2.05) is 0 Å². The first-order valence-electron chi connectivity index (χ1n) is 8.53. The van der Waals surface area contributed by atoms with Gasteiger partial charge in [-0.3, -0.25) is 9.59 Å². The maximum absolute atomic E-state index is 13.6. The van der Waals surface area contributed by atoms with Crippen LogP contribution in [0, 0.1) is 11.7 Å². The van der Waals surface area contributed by atoms with Crippen molar-refractivity contribution >= 4 is 11.8 Å². The number of fused-ring (bicyclic) bond motifs is 1. The Bertz CT molecular complexity index is 643. The molecule has 5 nitrogen and oxygen atoms in total. The van der Waals surface area contributed by atoms with Crippen LogP contribution in [0.1, 0.15) is 49.8 Å². The molecular formula is C18H23FN2O3. The first-order valence-corrected chi connectivity index (χ1v) is 8.53. The molecule has 0 aromatic heterocycles. The molecule has 24 heavy (non-hydrogen) atoms. The standard InChI is InChI=1S/C18H23FN2O3/c1-10(22)16(21-17(23)12-5-6-12)18(24)20-15-4-2-3-11-7-8-13(19)9-14(11)15/h7-10,12,15-16,22H,2-6H2,1H3,(H,20,24)(H,21,23). The van der Waals surface area contributed by atoms with Crippen LogP contribution < -0.4 is 10.6 Å². The number of hydrogen-bond acceptors (Lipinski definition) is 3. The molecule has 2 aliphatic rings. The van der Waals surface area contributed by atoms with Gasteiger partial charge in [-0.05, 0) is 62.3 Å². The number of rotatable bonds is 5. The van der Waals surface area contributed by atoms with Crippen molar-refractivity contribution in [3.8, 4) is 0 Å². The second-order valence-electron chi connectivity index (χ2n) is 6.80. The third-order valence-electron chi connectivity index (χ3n) is 4.75. The molecule has 2 amide bonds. The summed E-state index contributed by atoms with van der Waals surface area (Å²) in [7, 11) is 0. The van der Waals surface area contributed by atoms with E-state index in [9.17, 15) is 19.1 Å². The third-order valence-corrected chi connectivity index (χ3v) is 4.75. The molecule has 0 bridgehead atoms. The molecule has 6 heteroatoms. The number of halogens is 1. The molecule has 0 saturated heterocycles. The van der Waals surface area contributed by atoms with E-state index < -0.39 is 18.1 Å². The number of hydrogen-bond donors (Lipinski definition) is 3. The lowest BCUT2D eigenvalue weighted by Gasteiger charge is -2.29. The predicted molar refractivity (Wildman–Crippen MR) is 86.6 cm³/mol. The van der Waals surface area contributed by atoms with Crippen molar-refractivity contribution in [2.45, 2.75) is 57.2 Å². The average Bonchev–Trinajstić information content (AvgIpc) is 3.37. The number of amides is 2. The summed E-state index contributed by atoms with van der Waals surface area (Å²) in [5.74, 6) is -0.986. The Morgan fingerprint density at radius 1 is 1.29 bits per heavy atom. The fourth-order valence-electron chi connectivity index (χ4n) is 3.20. The monoisotopic (exact) mass is 334 g/mol. The molecule has 3 atom stereocenters. The molecule has 0 aliphatic heterocycles. The maximum atomic E-state index is 13.6. The van der Waals surface area contributed by atoms with E-state index in [1.165, 1.54) is 19.1 Å². The lowest BCUT2D eigenvalue weighted by Crippen LogP contribution is -2.53. The van der Waals surface area contributed by atoms with Crippen LogP contribution in [0.2, 0.25) is 0 Å². The van der Waals surface area contributed by atoms with Crippen LogP contribution in [0.3, 0.4) is 0 Å². The average molecular weight is 334 g/mol. The summed E-state index contributed by atoms with van der Waals surface area (Å²) in [5, 5.41) is 15.4. The van der Waals surface area contributed by atoms with Gasteiger partial charge in [0.1, 0.15) is 11.9 Å². The fourth-order valence-corrected chi connectivity index (χ4v) is 3.20. The predicted octanol–water partition coefficient (Wildman–Crippen LogP) is 1.59. The van der Waals surface area contributed by atoms with Crippen molar-refractivity contribution in [2.75, 3.05) is 0 Å². The van der Waals surface area contributed by atoms with Crippen LogP contribution in [0.15, 0.2) is 18.2 Å².